The first-order valence-electron chi connectivity index (χ1n) is 4.77. The van der Waals surface area contributed by atoms with Crippen LogP contribution in [0.2, 0.25) is 0 Å². The fourth-order valence-corrected chi connectivity index (χ4v) is 2.42. The predicted molar refractivity (Wildman–Crippen MR) is 53.7 cm³/mol. The highest BCUT2D eigenvalue weighted by molar-refractivity contribution is 6.21. The number of hydrogen-bond acceptors (Lipinski definition) is 0. The SMILES string of the molecule is CC(C)C1[N]CCC(Cl)C1(C)C. The first-order valence-corrected chi connectivity index (χ1v) is 5.20. The van der Waals surface area contributed by atoms with Gasteiger partial charge in [0.15, 0.2) is 0 Å². The average Bonchev–Trinajstić information content (AvgIpc) is 1.94. The van der Waals surface area contributed by atoms with Crippen LogP contribution in [0.3, 0.4) is 0 Å². The van der Waals surface area contributed by atoms with Gasteiger partial charge in [-0.15, -0.1) is 11.6 Å². The summed E-state index contributed by atoms with van der Waals surface area (Å²) in [6, 6.07) is 0.439. The standard InChI is InChI=1S/C10H19ClN/c1-7(2)9-10(3,4)8(11)5-6-12-9/h7-9H,5-6H2,1-4H3. The molecule has 1 nitrogen and oxygen atoms in total. The molecule has 1 aliphatic heterocycles. The normalized spacial score (nSPS) is 35.5. The van der Waals surface area contributed by atoms with Gasteiger partial charge >= 0.3 is 0 Å². The molecule has 71 valence electrons. The Bertz CT molecular complexity index is 154. The molecule has 12 heavy (non-hydrogen) atoms. The van der Waals surface area contributed by atoms with Crippen molar-refractivity contribution in [1.82, 2.24) is 5.32 Å². The summed E-state index contributed by atoms with van der Waals surface area (Å²) in [5.74, 6) is 0.613. The van der Waals surface area contributed by atoms with Crippen molar-refractivity contribution < 1.29 is 0 Å². The molecule has 0 spiro atoms. The molecule has 2 unspecified atom stereocenters. The van der Waals surface area contributed by atoms with E-state index in [2.05, 4.69) is 33.0 Å². The van der Waals surface area contributed by atoms with Gasteiger partial charge in [0.25, 0.3) is 0 Å². The third-order valence-electron chi connectivity index (χ3n) is 2.91. The van der Waals surface area contributed by atoms with Crippen LogP contribution >= 0.6 is 11.6 Å². The molecule has 0 aromatic heterocycles. The van der Waals surface area contributed by atoms with Crippen molar-refractivity contribution in [2.75, 3.05) is 6.54 Å². The summed E-state index contributed by atoms with van der Waals surface area (Å²) in [6.45, 7) is 9.87. The van der Waals surface area contributed by atoms with Gasteiger partial charge in [-0.05, 0) is 17.8 Å². The van der Waals surface area contributed by atoms with Gasteiger partial charge in [0, 0.05) is 18.0 Å². The zero-order valence-electron chi connectivity index (χ0n) is 8.47. The zero-order chi connectivity index (χ0) is 9.35. The third kappa shape index (κ3) is 1.77. The number of halogens is 1. The molecule has 2 atom stereocenters. The van der Waals surface area contributed by atoms with Crippen molar-refractivity contribution in [3.05, 3.63) is 0 Å². The summed E-state index contributed by atoms with van der Waals surface area (Å²) in [6.07, 6.45) is 1.04. The molecule has 1 radical (unpaired) electrons. The number of nitrogens with zero attached hydrogens (tertiary/aromatic N) is 1. The Morgan fingerprint density at radius 1 is 1.42 bits per heavy atom. The van der Waals surface area contributed by atoms with Crippen molar-refractivity contribution in [1.29, 1.82) is 0 Å². The maximum Gasteiger partial charge on any atom is 0.0415 e. The highest BCUT2D eigenvalue weighted by Crippen LogP contribution is 2.38. The van der Waals surface area contributed by atoms with Gasteiger partial charge < -0.3 is 0 Å². The van der Waals surface area contributed by atoms with E-state index in [0.29, 0.717) is 17.3 Å². The van der Waals surface area contributed by atoms with Gasteiger partial charge in [-0.3, -0.25) is 0 Å². The minimum atomic E-state index is 0.175. The van der Waals surface area contributed by atoms with Crippen LogP contribution in [0.4, 0.5) is 0 Å². The van der Waals surface area contributed by atoms with Gasteiger partial charge in [0.1, 0.15) is 0 Å². The van der Waals surface area contributed by atoms with Gasteiger partial charge in [0.05, 0.1) is 0 Å². The summed E-state index contributed by atoms with van der Waals surface area (Å²) in [5, 5.41) is 4.94. The smallest absolute Gasteiger partial charge is 0.0415 e. The molecule has 0 aliphatic carbocycles. The van der Waals surface area contributed by atoms with E-state index in [-0.39, 0.29) is 5.41 Å². The molecule has 1 rings (SSSR count). The molecule has 0 bridgehead atoms. The lowest BCUT2D eigenvalue weighted by Crippen LogP contribution is -2.51. The summed E-state index contributed by atoms with van der Waals surface area (Å²) in [7, 11) is 0. The van der Waals surface area contributed by atoms with Gasteiger partial charge in [-0.1, -0.05) is 27.7 Å². The lowest BCUT2D eigenvalue weighted by Gasteiger charge is -2.44. The van der Waals surface area contributed by atoms with E-state index in [9.17, 15) is 0 Å². The lowest BCUT2D eigenvalue weighted by atomic mass is 9.73. The maximum atomic E-state index is 6.29. The van der Waals surface area contributed by atoms with Gasteiger partial charge in [-0.2, -0.15) is 0 Å². The van der Waals surface area contributed by atoms with Crippen molar-refractivity contribution in [2.45, 2.75) is 45.5 Å². The molecule has 2 heteroatoms. The van der Waals surface area contributed by atoms with Gasteiger partial charge in [0.2, 0.25) is 0 Å². The van der Waals surface area contributed by atoms with Crippen molar-refractivity contribution in [3.8, 4) is 0 Å². The minimum absolute atomic E-state index is 0.175. The Kier molecular flexibility index (Phi) is 3.06. The molecule has 1 aliphatic rings. The van der Waals surface area contributed by atoms with Crippen LogP contribution in [0.25, 0.3) is 0 Å². The quantitative estimate of drug-likeness (QED) is 0.562. The topological polar surface area (TPSA) is 14.1 Å². The van der Waals surface area contributed by atoms with Crippen LogP contribution < -0.4 is 5.32 Å². The molecule has 1 fully saturated rings. The van der Waals surface area contributed by atoms with E-state index >= 15 is 0 Å². The Labute approximate surface area is 80.9 Å². The zero-order valence-corrected chi connectivity index (χ0v) is 9.23. The molecule has 0 aromatic carbocycles. The Morgan fingerprint density at radius 2 is 2.00 bits per heavy atom. The fourth-order valence-electron chi connectivity index (χ4n) is 2.19. The van der Waals surface area contributed by atoms with Crippen LogP contribution in [-0.4, -0.2) is 18.0 Å². The van der Waals surface area contributed by atoms with Crippen LogP contribution in [0.1, 0.15) is 34.1 Å². The Balaban J connectivity index is 2.72. The summed E-state index contributed by atoms with van der Waals surface area (Å²) >= 11 is 6.29. The van der Waals surface area contributed by atoms with Crippen molar-refractivity contribution in [2.24, 2.45) is 11.3 Å². The first kappa shape index (κ1) is 10.3. The largest absolute Gasteiger partial charge is 0.238 e. The molecule has 0 N–H and O–H groups in total. The Morgan fingerprint density at radius 3 is 2.42 bits per heavy atom. The van der Waals surface area contributed by atoms with Crippen molar-refractivity contribution in [3.63, 3.8) is 0 Å². The van der Waals surface area contributed by atoms with E-state index in [1.54, 1.807) is 0 Å². The lowest BCUT2D eigenvalue weighted by molar-refractivity contribution is 0.141. The molecular weight excluding hydrogens is 170 g/mol. The highest BCUT2D eigenvalue weighted by Gasteiger charge is 2.41. The van der Waals surface area contributed by atoms with Crippen LogP contribution in [0, 0.1) is 11.3 Å². The molecule has 0 amide bonds. The molecule has 0 aromatic rings. The van der Waals surface area contributed by atoms with Crippen molar-refractivity contribution >= 4 is 11.6 Å². The van der Waals surface area contributed by atoms with E-state index in [0.717, 1.165) is 13.0 Å². The molecule has 1 saturated heterocycles. The average molecular weight is 189 g/mol. The monoisotopic (exact) mass is 188 g/mol. The van der Waals surface area contributed by atoms with E-state index in [1.807, 2.05) is 0 Å². The summed E-state index contributed by atoms with van der Waals surface area (Å²) in [5.41, 5.74) is 0.175. The predicted octanol–water partition coefficient (Wildman–Crippen LogP) is 2.65. The van der Waals surface area contributed by atoms with Crippen LogP contribution in [-0.2, 0) is 0 Å². The van der Waals surface area contributed by atoms with Crippen LogP contribution in [0.5, 0.6) is 0 Å². The fraction of sp³-hybridized carbons (Fsp3) is 1.00. The van der Waals surface area contributed by atoms with E-state index in [1.165, 1.54) is 0 Å². The second kappa shape index (κ2) is 3.55. The van der Waals surface area contributed by atoms with E-state index < -0.39 is 0 Å². The number of rotatable bonds is 1. The van der Waals surface area contributed by atoms with E-state index in [4.69, 9.17) is 11.6 Å². The number of alkyl halides is 1. The number of piperidine rings is 1. The second-order valence-corrected chi connectivity index (χ2v) is 5.20. The summed E-state index contributed by atoms with van der Waals surface area (Å²) < 4.78 is 0. The Hall–Kier alpha value is 0.250. The van der Waals surface area contributed by atoms with Gasteiger partial charge in [-0.25, -0.2) is 5.32 Å². The summed E-state index contributed by atoms with van der Waals surface area (Å²) in [4.78, 5) is 0. The number of hydrogen-bond donors (Lipinski definition) is 0. The molecule has 0 saturated carbocycles. The first-order chi connectivity index (χ1) is 5.46. The third-order valence-corrected chi connectivity index (χ3v) is 3.69. The second-order valence-electron chi connectivity index (χ2n) is 4.67. The maximum absolute atomic E-state index is 6.29. The molecular formula is C10H19ClN. The highest BCUT2D eigenvalue weighted by atomic mass is 35.5. The molecule has 1 heterocycles. The van der Waals surface area contributed by atoms with Crippen LogP contribution in [0.15, 0.2) is 0 Å². The minimum Gasteiger partial charge on any atom is -0.238 e.